The highest BCUT2D eigenvalue weighted by atomic mass is 35.5. The van der Waals surface area contributed by atoms with Crippen LogP contribution in [0.25, 0.3) is 11.3 Å². The molecule has 0 bridgehead atoms. The minimum Gasteiger partial charge on any atom is -0.465 e. The van der Waals surface area contributed by atoms with E-state index >= 15 is 0 Å². The number of pyridine rings is 1. The maximum absolute atomic E-state index is 12.8. The van der Waals surface area contributed by atoms with E-state index in [1.165, 1.54) is 0 Å². The van der Waals surface area contributed by atoms with Crippen molar-refractivity contribution in [1.29, 1.82) is 0 Å². The Morgan fingerprint density at radius 1 is 1.21 bits per heavy atom. The van der Waals surface area contributed by atoms with Gasteiger partial charge in [-0.15, -0.1) is 0 Å². The normalized spacial score (nSPS) is 11.7. The summed E-state index contributed by atoms with van der Waals surface area (Å²) in [5.41, 5.74) is 2.23. The highest BCUT2D eigenvalue weighted by Gasteiger charge is 2.23. The number of aromatic nitrogens is 3. The van der Waals surface area contributed by atoms with E-state index in [0.717, 1.165) is 11.1 Å². The number of rotatable bonds is 7. The summed E-state index contributed by atoms with van der Waals surface area (Å²) >= 11 is 5.95. The quantitative estimate of drug-likeness (QED) is 0.514. The van der Waals surface area contributed by atoms with Crippen molar-refractivity contribution >= 4 is 29.4 Å². The number of hydrogen-bond donors (Lipinski definition) is 3. The zero-order chi connectivity index (χ0) is 20.8. The molecule has 8 nitrogen and oxygen atoms in total. The van der Waals surface area contributed by atoms with Gasteiger partial charge in [0.05, 0.1) is 5.69 Å². The average molecular weight is 414 g/mol. The number of anilines is 1. The first-order valence-electron chi connectivity index (χ1n) is 9.00. The molecule has 0 fully saturated rings. The molecule has 0 aliphatic carbocycles. The largest absolute Gasteiger partial charge is 0.465 e. The van der Waals surface area contributed by atoms with Crippen LogP contribution in [-0.2, 0) is 17.8 Å². The van der Waals surface area contributed by atoms with Crippen molar-refractivity contribution < 1.29 is 14.7 Å². The molecule has 0 aliphatic rings. The monoisotopic (exact) mass is 413 g/mol. The molecule has 9 heteroatoms. The number of hydrogen-bond acceptors (Lipinski definition) is 4. The van der Waals surface area contributed by atoms with Crippen LogP contribution in [0.5, 0.6) is 0 Å². The second-order valence-corrected chi connectivity index (χ2v) is 6.67. The minimum absolute atomic E-state index is 0.228. The zero-order valence-electron chi connectivity index (χ0n) is 15.7. The molecule has 2 heterocycles. The Morgan fingerprint density at radius 3 is 2.62 bits per heavy atom. The van der Waals surface area contributed by atoms with Crippen molar-refractivity contribution in [1.82, 2.24) is 20.1 Å². The Balaban J connectivity index is 1.82. The third kappa shape index (κ3) is 5.32. The first-order valence-corrected chi connectivity index (χ1v) is 9.38. The molecule has 0 saturated heterocycles. The average Bonchev–Trinajstić information content (AvgIpc) is 3.11. The number of nitrogens with zero attached hydrogens (tertiary/aromatic N) is 3. The Bertz CT molecular complexity index is 1010. The van der Waals surface area contributed by atoms with Gasteiger partial charge in [0.1, 0.15) is 17.0 Å². The Hall–Kier alpha value is -3.39. The SMILES string of the molecule is CCn1nc(-c2ccnc(Cl)c2)cc1NC(=O)[C@H](Cc1ccccc1)NC(=O)O. The molecule has 0 saturated carbocycles. The van der Waals surface area contributed by atoms with Gasteiger partial charge in [-0.1, -0.05) is 41.9 Å². The lowest BCUT2D eigenvalue weighted by Gasteiger charge is -2.17. The molecule has 0 spiro atoms. The molecule has 3 N–H and O–H groups in total. The van der Waals surface area contributed by atoms with Crippen LogP contribution in [-0.4, -0.2) is 37.9 Å². The van der Waals surface area contributed by atoms with Gasteiger partial charge in [-0.05, 0) is 24.6 Å². The van der Waals surface area contributed by atoms with E-state index in [1.54, 1.807) is 29.1 Å². The molecule has 1 aromatic carbocycles. The first-order chi connectivity index (χ1) is 14.0. The molecule has 2 aromatic heterocycles. The van der Waals surface area contributed by atoms with Gasteiger partial charge in [-0.3, -0.25) is 4.79 Å². The van der Waals surface area contributed by atoms with Gasteiger partial charge < -0.3 is 15.7 Å². The summed E-state index contributed by atoms with van der Waals surface area (Å²) in [4.78, 5) is 27.9. The van der Waals surface area contributed by atoms with E-state index in [0.29, 0.717) is 23.2 Å². The maximum atomic E-state index is 12.8. The van der Waals surface area contributed by atoms with Crippen molar-refractivity contribution in [2.24, 2.45) is 0 Å². The highest BCUT2D eigenvalue weighted by Crippen LogP contribution is 2.23. The van der Waals surface area contributed by atoms with Crippen molar-refractivity contribution in [2.45, 2.75) is 25.9 Å². The Morgan fingerprint density at radius 2 is 1.97 bits per heavy atom. The van der Waals surface area contributed by atoms with Crippen molar-refractivity contribution in [3.8, 4) is 11.3 Å². The number of amides is 2. The summed E-state index contributed by atoms with van der Waals surface area (Å²) in [5.74, 6) is -0.00384. The smallest absolute Gasteiger partial charge is 0.405 e. The van der Waals surface area contributed by atoms with E-state index in [4.69, 9.17) is 16.7 Å². The van der Waals surface area contributed by atoms with Crippen molar-refractivity contribution in [3.05, 3.63) is 65.4 Å². The number of aryl methyl sites for hydroxylation is 1. The summed E-state index contributed by atoms with van der Waals surface area (Å²) < 4.78 is 1.63. The molecule has 3 aromatic rings. The highest BCUT2D eigenvalue weighted by molar-refractivity contribution is 6.29. The minimum atomic E-state index is -1.27. The van der Waals surface area contributed by atoms with Crippen LogP contribution in [0, 0.1) is 0 Å². The van der Waals surface area contributed by atoms with Crippen LogP contribution in [0.3, 0.4) is 0 Å². The lowest BCUT2D eigenvalue weighted by molar-refractivity contribution is -0.118. The van der Waals surface area contributed by atoms with Gasteiger partial charge in [0.15, 0.2) is 0 Å². The molecule has 3 rings (SSSR count). The van der Waals surface area contributed by atoms with Crippen LogP contribution in [0.1, 0.15) is 12.5 Å². The van der Waals surface area contributed by atoms with Crippen molar-refractivity contribution in [2.75, 3.05) is 5.32 Å². The summed E-state index contributed by atoms with van der Waals surface area (Å²) in [5, 5.41) is 19.0. The number of halogens is 1. The molecule has 150 valence electrons. The predicted octanol–water partition coefficient (Wildman–Crippen LogP) is 3.44. The summed E-state index contributed by atoms with van der Waals surface area (Å²) in [6.45, 7) is 2.41. The second-order valence-electron chi connectivity index (χ2n) is 6.28. The molecular weight excluding hydrogens is 394 g/mol. The summed E-state index contributed by atoms with van der Waals surface area (Å²) in [6, 6.07) is 13.4. The Labute approximate surface area is 172 Å². The number of nitrogens with one attached hydrogen (secondary N) is 2. The third-order valence-corrected chi connectivity index (χ3v) is 4.46. The fourth-order valence-electron chi connectivity index (χ4n) is 2.88. The fraction of sp³-hybridized carbons (Fsp3) is 0.200. The summed E-state index contributed by atoms with van der Waals surface area (Å²) in [6.07, 6.45) is 0.539. The number of benzene rings is 1. The molecule has 29 heavy (non-hydrogen) atoms. The van der Waals surface area contributed by atoms with Gasteiger partial charge >= 0.3 is 6.09 Å². The standard InChI is InChI=1S/C20H20ClN5O3/c1-2-26-18(12-15(25-26)14-8-9-22-17(21)11-14)24-19(27)16(23-20(28)29)10-13-6-4-3-5-7-13/h3-9,11-12,16,23H,2,10H2,1H3,(H,24,27)(H,28,29)/t16-/m0/s1. The fourth-order valence-corrected chi connectivity index (χ4v) is 3.06. The van der Waals surface area contributed by atoms with E-state index in [-0.39, 0.29) is 6.42 Å². The molecule has 0 aliphatic heterocycles. The second kappa shape index (κ2) is 9.20. The van der Waals surface area contributed by atoms with E-state index in [2.05, 4.69) is 20.7 Å². The van der Waals surface area contributed by atoms with Gasteiger partial charge in [-0.25, -0.2) is 14.5 Å². The molecule has 0 radical (unpaired) electrons. The maximum Gasteiger partial charge on any atom is 0.405 e. The lowest BCUT2D eigenvalue weighted by Crippen LogP contribution is -2.44. The number of carbonyl (C=O) groups excluding carboxylic acids is 1. The van der Waals surface area contributed by atoms with Crippen LogP contribution >= 0.6 is 11.6 Å². The van der Waals surface area contributed by atoms with Crippen molar-refractivity contribution in [3.63, 3.8) is 0 Å². The topological polar surface area (TPSA) is 109 Å². The lowest BCUT2D eigenvalue weighted by atomic mass is 10.1. The number of carbonyl (C=O) groups is 2. The molecular formula is C20H20ClN5O3. The van der Waals surface area contributed by atoms with Gasteiger partial charge in [0, 0.05) is 30.8 Å². The number of carboxylic acid groups (broad SMARTS) is 1. The van der Waals surface area contributed by atoms with Gasteiger partial charge in [-0.2, -0.15) is 5.10 Å². The third-order valence-electron chi connectivity index (χ3n) is 4.25. The van der Waals surface area contributed by atoms with Crippen LogP contribution < -0.4 is 10.6 Å². The molecule has 1 atom stereocenters. The van der Waals surface area contributed by atoms with E-state index < -0.39 is 18.0 Å². The zero-order valence-corrected chi connectivity index (χ0v) is 16.4. The van der Waals surface area contributed by atoms with Crippen LogP contribution in [0.15, 0.2) is 54.7 Å². The molecule has 0 unspecified atom stereocenters. The first kappa shape index (κ1) is 20.3. The van der Waals surface area contributed by atoms with Crippen LogP contribution in [0.4, 0.5) is 10.6 Å². The Kier molecular flexibility index (Phi) is 6.46. The van der Waals surface area contributed by atoms with Gasteiger partial charge in [0.25, 0.3) is 0 Å². The predicted molar refractivity (Wildman–Crippen MR) is 110 cm³/mol. The van der Waals surface area contributed by atoms with E-state index in [9.17, 15) is 9.59 Å². The summed E-state index contributed by atoms with van der Waals surface area (Å²) in [7, 11) is 0. The van der Waals surface area contributed by atoms with Crippen LogP contribution in [0.2, 0.25) is 5.15 Å². The molecule has 2 amide bonds. The van der Waals surface area contributed by atoms with Gasteiger partial charge in [0.2, 0.25) is 5.91 Å². The van der Waals surface area contributed by atoms with E-state index in [1.807, 2.05) is 37.3 Å².